The Hall–Kier alpha value is -1.45. The summed E-state index contributed by atoms with van der Waals surface area (Å²) in [4.78, 5) is 1.71. The molecule has 0 fully saturated rings. The van der Waals surface area contributed by atoms with E-state index in [1.807, 2.05) is 0 Å². The zero-order valence-electron chi connectivity index (χ0n) is 9.30. The Morgan fingerprint density at radius 2 is 2.06 bits per heavy atom. The zero-order chi connectivity index (χ0) is 12.5. The van der Waals surface area contributed by atoms with E-state index < -0.39 is 11.7 Å². The normalized spacial score (nSPS) is 21.3. The van der Waals surface area contributed by atoms with Gasteiger partial charge in [-0.1, -0.05) is 19.2 Å². The molecule has 0 aromatic rings. The van der Waals surface area contributed by atoms with Gasteiger partial charge >= 0.3 is 6.18 Å². The van der Waals surface area contributed by atoms with Gasteiger partial charge in [-0.25, -0.2) is 0 Å². The minimum atomic E-state index is -4.35. The van der Waals surface area contributed by atoms with Crippen molar-refractivity contribution in [2.75, 3.05) is 7.05 Å². The molecule has 1 aliphatic heterocycles. The van der Waals surface area contributed by atoms with Gasteiger partial charge in [0.25, 0.3) is 0 Å². The van der Waals surface area contributed by atoms with Gasteiger partial charge in [0.15, 0.2) is 0 Å². The van der Waals surface area contributed by atoms with Crippen LogP contribution >= 0.6 is 0 Å². The minimum Gasteiger partial charge on any atom is -0.374 e. The molecule has 1 aliphatic rings. The number of alkyl halides is 3. The predicted octanol–water partition coefficient (Wildman–Crippen LogP) is 3.44. The molecule has 1 heterocycles. The fourth-order valence-corrected chi connectivity index (χ4v) is 1.45. The molecule has 88 valence electrons. The van der Waals surface area contributed by atoms with Crippen molar-refractivity contribution in [1.29, 1.82) is 0 Å². The maximum atomic E-state index is 12.8. The van der Waals surface area contributed by atoms with Crippen LogP contribution in [0.5, 0.6) is 0 Å². The monoisotopic (exact) mass is 229 g/mol. The molecular weight excluding hydrogens is 215 g/mol. The van der Waals surface area contributed by atoms with E-state index in [-0.39, 0.29) is 17.2 Å². The van der Waals surface area contributed by atoms with Gasteiger partial charge in [-0.2, -0.15) is 13.2 Å². The fourth-order valence-electron chi connectivity index (χ4n) is 1.45. The number of nitrogens with zero attached hydrogens (tertiary/aromatic N) is 1. The van der Waals surface area contributed by atoms with Gasteiger partial charge in [-0.05, 0) is 18.6 Å². The third kappa shape index (κ3) is 2.38. The lowest BCUT2D eigenvalue weighted by atomic mass is 9.94. The standard InChI is InChI=1S/C12H14F3N/c1-5-8(2)10-7-16(4)9(3)6-11(10)12(13,14)15/h5-7,9H,1-2H2,3-4H3/t9-/m1/s1. The van der Waals surface area contributed by atoms with Crippen molar-refractivity contribution >= 4 is 0 Å². The van der Waals surface area contributed by atoms with Crippen molar-refractivity contribution in [3.63, 3.8) is 0 Å². The van der Waals surface area contributed by atoms with Crippen LogP contribution in [0.1, 0.15) is 6.92 Å². The van der Waals surface area contributed by atoms with Gasteiger partial charge in [0.2, 0.25) is 0 Å². The van der Waals surface area contributed by atoms with Crippen molar-refractivity contribution in [2.45, 2.75) is 19.1 Å². The molecule has 1 nitrogen and oxygen atoms in total. The highest BCUT2D eigenvalue weighted by molar-refractivity contribution is 5.53. The van der Waals surface area contributed by atoms with E-state index in [0.717, 1.165) is 0 Å². The number of likely N-dealkylation sites (N-methyl/N-ethyl adjacent to an activating group) is 1. The first-order chi connectivity index (χ1) is 7.27. The first kappa shape index (κ1) is 12.6. The Labute approximate surface area is 93.2 Å². The highest BCUT2D eigenvalue weighted by Gasteiger charge is 2.38. The molecule has 0 amide bonds. The average molecular weight is 229 g/mol. The largest absolute Gasteiger partial charge is 0.416 e. The summed E-state index contributed by atoms with van der Waals surface area (Å²) in [6, 6.07) is -0.280. The third-order valence-corrected chi connectivity index (χ3v) is 2.57. The number of hydrogen-bond donors (Lipinski definition) is 0. The van der Waals surface area contributed by atoms with Crippen molar-refractivity contribution in [3.05, 3.63) is 48.2 Å². The summed E-state index contributed by atoms with van der Waals surface area (Å²) in [5.74, 6) is 0. The van der Waals surface area contributed by atoms with E-state index in [1.165, 1.54) is 18.4 Å². The number of halogens is 3. The van der Waals surface area contributed by atoms with Crippen molar-refractivity contribution in [3.8, 4) is 0 Å². The van der Waals surface area contributed by atoms with Crippen molar-refractivity contribution in [1.82, 2.24) is 4.90 Å². The van der Waals surface area contributed by atoms with Gasteiger partial charge in [-0.15, -0.1) is 0 Å². The van der Waals surface area contributed by atoms with Crippen LogP contribution in [-0.2, 0) is 0 Å². The first-order valence-corrected chi connectivity index (χ1v) is 4.82. The highest BCUT2D eigenvalue weighted by Crippen LogP contribution is 2.37. The smallest absolute Gasteiger partial charge is 0.374 e. The Bertz CT molecular complexity index is 374. The van der Waals surface area contributed by atoms with Crippen LogP contribution in [0.2, 0.25) is 0 Å². The maximum Gasteiger partial charge on any atom is 0.416 e. The Balaban J connectivity index is 3.21. The lowest BCUT2D eigenvalue weighted by molar-refractivity contribution is -0.0901. The zero-order valence-corrected chi connectivity index (χ0v) is 9.30. The molecular formula is C12H14F3N. The summed E-state index contributed by atoms with van der Waals surface area (Å²) in [7, 11) is 1.73. The highest BCUT2D eigenvalue weighted by atomic mass is 19.4. The van der Waals surface area contributed by atoms with E-state index in [0.29, 0.717) is 0 Å². The van der Waals surface area contributed by atoms with E-state index in [1.54, 1.807) is 18.9 Å². The summed E-state index contributed by atoms with van der Waals surface area (Å²) in [5, 5.41) is 0. The molecule has 16 heavy (non-hydrogen) atoms. The van der Waals surface area contributed by atoms with E-state index in [9.17, 15) is 13.2 Å². The van der Waals surface area contributed by atoms with Gasteiger partial charge in [0, 0.05) is 24.9 Å². The Morgan fingerprint density at radius 3 is 2.50 bits per heavy atom. The molecule has 0 spiro atoms. The van der Waals surface area contributed by atoms with Crippen LogP contribution in [0.15, 0.2) is 48.2 Å². The Morgan fingerprint density at radius 1 is 1.50 bits per heavy atom. The van der Waals surface area contributed by atoms with E-state index >= 15 is 0 Å². The predicted molar refractivity (Wildman–Crippen MR) is 58.8 cm³/mol. The van der Waals surface area contributed by atoms with Gasteiger partial charge in [0.1, 0.15) is 0 Å². The summed E-state index contributed by atoms with van der Waals surface area (Å²) >= 11 is 0. The first-order valence-electron chi connectivity index (χ1n) is 4.82. The average Bonchev–Trinajstić information content (AvgIpc) is 2.18. The topological polar surface area (TPSA) is 3.24 Å². The Kier molecular flexibility index (Phi) is 3.31. The summed E-state index contributed by atoms with van der Waals surface area (Å²) in [6.45, 7) is 8.71. The molecule has 0 aliphatic carbocycles. The van der Waals surface area contributed by atoms with Crippen LogP contribution in [0.4, 0.5) is 13.2 Å². The van der Waals surface area contributed by atoms with Gasteiger partial charge < -0.3 is 4.90 Å². The van der Waals surface area contributed by atoms with Crippen LogP contribution in [0.3, 0.4) is 0 Å². The quantitative estimate of drug-likeness (QED) is 0.656. The number of hydrogen-bond acceptors (Lipinski definition) is 1. The molecule has 0 N–H and O–H groups in total. The second-order valence-electron chi connectivity index (χ2n) is 3.76. The SMILES string of the molecule is C=CC(=C)C1=CN(C)[C@H](C)C=C1C(F)(F)F. The molecule has 0 unspecified atom stereocenters. The van der Waals surface area contributed by atoms with Gasteiger partial charge in [0.05, 0.1) is 5.57 Å². The molecule has 1 atom stereocenters. The van der Waals surface area contributed by atoms with Crippen LogP contribution in [0.25, 0.3) is 0 Å². The lowest BCUT2D eigenvalue weighted by Crippen LogP contribution is -2.30. The molecule has 4 heteroatoms. The minimum absolute atomic E-state index is 0.0862. The molecule has 0 saturated heterocycles. The van der Waals surface area contributed by atoms with Gasteiger partial charge in [-0.3, -0.25) is 0 Å². The molecule has 1 rings (SSSR count). The molecule has 0 radical (unpaired) electrons. The van der Waals surface area contributed by atoms with E-state index in [4.69, 9.17) is 0 Å². The molecule has 0 saturated carbocycles. The van der Waals surface area contributed by atoms with Crippen LogP contribution in [0, 0.1) is 0 Å². The summed E-state index contributed by atoms with van der Waals surface area (Å²) in [5.41, 5.74) is -0.270. The molecule has 0 aromatic carbocycles. The van der Waals surface area contributed by atoms with E-state index in [2.05, 4.69) is 13.2 Å². The van der Waals surface area contributed by atoms with Crippen molar-refractivity contribution in [2.24, 2.45) is 0 Å². The number of rotatable bonds is 2. The molecule has 0 bridgehead atoms. The summed E-state index contributed by atoms with van der Waals surface area (Å²) in [6.07, 6.45) is -0.371. The lowest BCUT2D eigenvalue weighted by Gasteiger charge is -2.30. The summed E-state index contributed by atoms with van der Waals surface area (Å²) < 4.78 is 38.4. The second kappa shape index (κ2) is 4.20. The van der Waals surface area contributed by atoms with Crippen molar-refractivity contribution < 1.29 is 13.2 Å². The van der Waals surface area contributed by atoms with Crippen LogP contribution in [-0.4, -0.2) is 24.2 Å². The maximum absolute atomic E-state index is 12.8. The third-order valence-electron chi connectivity index (χ3n) is 2.57. The second-order valence-corrected chi connectivity index (χ2v) is 3.76. The number of allylic oxidation sites excluding steroid dienone is 4. The van der Waals surface area contributed by atoms with Crippen LogP contribution < -0.4 is 0 Å². The fraction of sp³-hybridized carbons (Fsp3) is 0.333. The molecule has 0 aromatic heterocycles.